The van der Waals surface area contributed by atoms with E-state index in [2.05, 4.69) is 15.6 Å². The molecular formula is C19H20FN3OS. The predicted octanol–water partition coefficient (Wildman–Crippen LogP) is 4.15. The number of hydrogen-bond acceptors (Lipinski definition) is 2. The van der Waals surface area contributed by atoms with Gasteiger partial charge in [0, 0.05) is 28.8 Å². The maximum atomic E-state index is 13.5. The van der Waals surface area contributed by atoms with Gasteiger partial charge < -0.3 is 20.4 Å². The third kappa shape index (κ3) is 4.09. The minimum atomic E-state index is -0.225. The third-order valence-electron chi connectivity index (χ3n) is 4.09. The molecule has 6 heteroatoms. The van der Waals surface area contributed by atoms with Crippen molar-refractivity contribution >= 4 is 33.9 Å². The van der Waals surface area contributed by atoms with Crippen LogP contribution in [0.25, 0.3) is 10.9 Å². The second kappa shape index (κ2) is 7.53. The van der Waals surface area contributed by atoms with Crippen LogP contribution in [0, 0.1) is 12.7 Å². The summed E-state index contributed by atoms with van der Waals surface area (Å²) in [6.07, 6.45) is 0.750. The molecule has 3 aromatic rings. The van der Waals surface area contributed by atoms with Gasteiger partial charge in [-0.1, -0.05) is 0 Å². The summed E-state index contributed by atoms with van der Waals surface area (Å²) in [6.45, 7) is 2.66. The van der Waals surface area contributed by atoms with Crippen LogP contribution in [0.3, 0.4) is 0 Å². The van der Waals surface area contributed by atoms with Gasteiger partial charge in [-0.2, -0.15) is 0 Å². The molecule has 0 aliphatic carbocycles. The van der Waals surface area contributed by atoms with E-state index in [1.54, 1.807) is 19.2 Å². The van der Waals surface area contributed by atoms with E-state index in [0.717, 1.165) is 40.0 Å². The van der Waals surface area contributed by atoms with Crippen molar-refractivity contribution in [1.29, 1.82) is 0 Å². The van der Waals surface area contributed by atoms with Crippen LogP contribution in [0.2, 0.25) is 0 Å². The molecule has 0 aliphatic rings. The number of fused-ring (bicyclic) bond motifs is 1. The zero-order chi connectivity index (χ0) is 17.8. The van der Waals surface area contributed by atoms with E-state index < -0.39 is 0 Å². The SMILES string of the molecule is COc1ccc(NC(=S)NCCc2c(C)[nH]c3ccc(F)cc23)cc1. The lowest BCUT2D eigenvalue weighted by Crippen LogP contribution is -2.30. The Kier molecular flexibility index (Phi) is 5.19. The first-order chi connectivity index (χ1) is 12.1. The molecule has 0 aliphatic heterocycles. The van der Waals surface area contributed by atoms with Gasteiger partial charge in [-0.05, 0) is 73.6 Å². The van der Waals surface area contributed by atoms with Crippen molar-refractivity contribution < 1.29 is 9.13 Å². The number of thiocarbonyl (C=S) groups is 1. The first-order valence-electron chi connectivity index (χ1n) is 8.02. The maximum Gasteiger partial charge on any atom is 0.170 e. The lowest BCUT2D eigenvalue weighted by molar-refractivity contribution is 0.415. The standard InChI is InChI=1S/C19H20FN3OS/c1-12-16(17-11-13(20)3-8-18(17)22-12)9-10-21-19(25)23-14-4-6-15(24-2)7-5-14/h3-8,11,22H,9-10H2,1-2H3,(H2,21,23,25). The van der Waals surface area contributed by atoms with Gasteiger partial charge in [0.15, 0.2) is 5.11 Å². The molecule has 1 aromatic heterocycles. The lowest BCUT2D eigenvalue weighted by Gasteiger charge is -2.11. The molecule has 1 heterocycles. The highest BCUT2D eigenvalue weighted by atomic mass is 32.1. The van der Waals surface area contributed by atoms with Crippen LogP contribution in [-0.2, 0) is 6.42 Å². The van der Waals surface area contributed by atoms with E-state index in [1.165, 1.54) is 6.07 Å². The van der Waals surface area contributed by atoms with Crippen molar-refractivity contribution in [3.63, 3.8) is 0 Å². The molecule has 4 nitrogen and oxygen atoms in total. The number of rotatable bonds is 5. The van der Waals surface area contributed by atoms with Gasteiger partial charge in [0.2, 0.25) is 0 Å². The fourth-order valence-electron chi connectivity index (χ4n) is 2.83. The van der Waals surface area contributed by atoms with E-state index in [4.69, 9.17) is 17.0 Å². The Balaban J connectivity index is 1.58. The lowest BCUT2D eigenvalue weighted by atomic mass is 10.1. The number of aryl methyl sites for hydroxylation is 1. The van der Waals surface area contributed by atoms with E-state index in [9.17, 15) is 4.39 Å². The number of nitrogens with one attached hydrogen (secondary N) is 3. The number of halogens is 1. The Hall–Kier alpha value is -2.60. The number of methoxy groups -OCH3 is 1. The molecule has 0 bridgehead atoms. The van der Waals surface area contributed by atoms with Crippen LogP contribution in [0.4, 0.5) is 10.1 Å². The Labute approximate surface area is 151 Å². The van der Waals surface area contributed by atoms with E-state index >= 15 is 0 Å². The predicted molar refractivity (Wildman–Crippen MR) is 104 cm³/mol. The smallest absolute Gasteiger partial charge is 0.170 e. The minimum absolute atomic E-state index is 0.225. The fourth-order valence-corrected chi connectivity index (χ4v) is 3.05. The minimum Gasteiger partial charge on any atom is -0.497 e. The molecule has 25 heavy (non-hydrogen) atoms. The van der Waals surface area contributed by atoms with Crippen molar-refractivity contribution in [2.45, 2.75) is 13.3 Å². The van der Waals surface area contributed by atoms with Gasteiger partial charge in [0.1, 0.15) is 11.6 Å². The zero-order valence-electron chi connectivity index (χ0n) is 14.2. The number of hydrogen-bond donors (Lipinski definition) is 3. The summed E-state index contributed by atoms with van der Waals surface area (Å²) in [7, 11) is 1.63. The highest BCUT2D eigenvalue weighted by Gasteiger charge is 2.09. The molecule has 0 saturated heterocycles. The van der Waals surface area contributed by atoms with E-state index in [-0.39, 0.29) is 5.82 Å². The molecular weight excluding hydrogens is 337 g/mol. The van der Waals surface area contributed by atoms with Gasteiger partial charge in [-0.3, -0.25) is 0 Å². The largest absolute Gasteiger partial charge is 0.497 e. The highest BCUT2D eigenvalue weighted by Crippen LogP contribution is 2.23. The van der Waals surface area contributed by atoms with Crippen molar-refractivity contribution in [1.82, 2.24) is 10.3 Å². The molecule has 0 radical (unpaired) electrons. The van der Waals surface area contributed by atoms with Gasteiger partial charge in [-0.25, -0.2) is 4.39 Å². The first kappa shape index (κ1) is 17.2. The average Bonchev–Trinajstić information content (AvgIpc) is 2.91. The summed E-state index contributed by atoms with van der Waals surface area (Å²) in [5, 5.41) is 7.79. The van der Waals surface area contributed by atoms with Crippen LogP contribution >= 0.6 is 12.2 Å². The second-order valence-electron chi connectivity index (χ2n) is 5.78. The summed E-state index contributed by atoms with van der Waals surface area (Å²) >= 11 is 5.32. The summed E-state index contributed by atoms with van der Waals surface area (Å²) < 4.78 is 18.6. The molecule has 0 atom stereocenters. The summed E-state index contributed by atoms with van der Waals surface area (Å²) in [5.74, 6) is 0.573. The number of H-pyrrole nitrogens is 1. The van der Waals surface area contributed by atoms with Gasteiger partial charge >= 0.3 is 0 Å². The third-order valence-corrected chi connectivity index (χ3v) is 4.34. The van der Waals surface area contributed by atoms with Crippen LogP contribution < -0.4 is 15.4 Å². The first-order valence-corrected chi connectivity index (χ1v) is 8.43. The maximum absolute atomic E-state index is 13.5. The summed E-state index contributed by atoms with van der Waals surface area (Å²) in [5.41, 5.74) is 4.00. The normalized spacial score (nSPS) is 10.7. The average molecular weight is 357 g/mol. The van der Waals surface area contributed by atoms with Crippen LogP contribution in [-0.4, -0.2) is 23.8 Å². The van der Waals surface area contributed by atoms with Crippen molar-refractivity contribution in [3.8, 4) is 5.75 Å². The molecule has 0 fully saturated rings. The fraction of sp³-hybridized carbons (Fsp3) is 0.211. The number of ether oxygens (including phenoxy) is 1. The number of aromatic amines is 1. The number of aromatic nitrogens is 1. The van der Waals surface area contributed by atoms with E-state index in [1.807, 2.05) is 31.2 Å². The Bertz CT molecular complexity index is 890. The van der Waals surface area contributed by atoms with Crippen LogP contribution in [0.5, 0.6) is 5.75 Å². The monoisotopic (exact) mass is 357 g/mol. The topological polar surface area (TPSA) is 49.1 Å². The number of anilines is 1. The van der Waals surface area contributed by atoms with Crippen molar-refractivity contribution in [3.05, 3.63) is 59.5 Å². The Morgan fingerprint density at radius 1 is 1.20 bits per heavy atom. The zero-order valence-corrected chi connectivity index (χ0v) is 15.0. The molecule has 0 amide bonds. The van der Waals surface area contributed by atoms with Gasteiger partial charge in [0.25, 0.3) is 0 Å². The molecule has 3 rings (SSSR count). The molecule has 2 aromatic carbocycles. The Morgan fingerprint density at radius 3 is 2.68 bits per heavy atom. The molecule has 0 saturated carbocycles. The van der Waals surface area contributed by atoms with Crippen molar-refractivity contribution in [2.24, 2.45) is 0 Å². The summed E-state index contributed by atoms with van der Waals surface area (Å²) in [6, 6.07) is 12.4. The Morgan fingerprint density at radius 2 is 1.96 bits per heavy atom. The molecule has 0 unspecified atom stereocenters. The molecule has 3 N–H and O–H groups in total. The second-order valence-corrected chi connectivity index (χ2v) is 6.19. The van der Waals surface area contributed by atoms with Crippen LogP contribution in [0.15, 0.2) is 42.5 Å². The summed E-state index contributed by atoms with van der Waals surface area (Å²) in [4.78, 5) is 3.29. The number of benzene rings is 2. The van der Waals surface area contributed by atoms with Gasteiger partial charge in [-0.15, -0.1) is 0 Å². The van der Waals surface area contributed by atoms with Crippen molar-refractivity contribution in [2.75, 3.05) is 19.0 Å². The van der Waals surface area contributed by atoms with Gasteiger partial charge in [0.05, 0.1) is 7.11 Å². The van der Waals surface area contributed by atoms with Crippen LogP contribution in [0.1, 0.15) is 11.3 Å². The van der Waals surface area contributed by atoms with E-state index in [0.29, 0.717) is 11.7 Å². The quantitative estimate of drug-likeness (QED) is 0.600. The highest BCUT2D eigenvalue weighted by molar-refractivity contribution is 7.80. The molecule has 130 valence electrons. The molecule has 0 spiro atoms.